The molecule has 3 saturated heterocycles. The summed E-state index contributed by atoms with van der Waals surface area (Å²) in [5.74, 6) is 0. The second-order valence-electron chi connectivity index (χ2n) is 2.97. The number of hydrogen-bond donors (Lipinski definition) is 0. The lowest BCUT2D eigenvalue weighted by Crippen LogP contribution is -2.30. The molecule has 0 N–H and O–H groups in total. The van der Waals surface area contributed by atoms with E-state index >= 15 is 0 Å². The first-order valence-electron chi connectivity index (χ1n) is 3.81. The Hall–Kier alpha value is -0.200. The highest BCUT2D eigenvalue weighted by molar-refractivity contribution is 4.88. The molecule has 3 aliphatic heterocycles. The summed E-state index contributed by atoms with van der Waals surface area (Å²) in [5, 5.41) is 3.66. The van der Waals surface area contributed by atoms with Crippen molar-refractivity contribution in [3.05, 3.63) is 0 Å². The van der Waals surface area contributed by atoms with Crippen molar-refractivity contribution in [1.82, 2.24) is 10.1 Å². The molecule has 0 aliphatic carbocycles. The molecule has 0 bridgehead atoms. The Labute approximate surface area is 64.3 Å². The van der Waals surface area contributed by atoms with Gasteiger partial charge in [-0.3, -0.25) is 9.68 Å². The lowest BCUT2D eigenvalue weighted by Gasteiger charge is -2.11. The molecular formula is C6H10N2O3. The second kappa shape index (κ2) is 1.94. The molecule has 4 atom stereocenters. The molecule has 3 fully saturated rings. The summed E-state index contributed by atoms with van der Waals surface area (Å²) in [5.41, 5.74) is 0. The highest BCUT2D eigenvalue weighted by Gasteiger charge is 2.58. The average Bonchev–Trinajstić information content (AvgIpc) is 2.73. The van der Waals surface area contributed by atoms with Crippen molar-refractivity contribution >= 4 is 0 Å². The van der Waals surface area contributed by atoms with Crippen LogP contribution < -0.4 is 0 Å². The number of ether oxygens (including phenoxy) is 1. The third-order valence-electron chi connectivity index (χ3n) is 2.30. The smallest absolute Gasteiger partial charge is 0.234 e. The standard InChI is InChI=1S/C6H10N2O3/c1-9-8-5-4(10-5)2-3-7-6(8)11-7/h4-6H,2-3H2,1H3/t4-,5?,6?,7?/m1/s1. The summed E-state index contributed by atoms with van der Waals surface area (Å²) < 4.78 is 5.35. The zero-order chi connectivity index (χ0) is 7.42. The molecule has 5 heteroatoms. The molecule has 0 aromatic rings. The monoisotopic (exact) mass is 158 g/mol. The second-order valence-corrected chi connectivity index (χ2v) is 2.97. The van der Waals surface area contributed by atoms with Crippen LogP contribution in [0.2, 0.25) is 0 Å². The predicted octanol–water partition coefficient (Wildman–Crippen LogP) is -0.491. The van der Waals surface area contributed by atoms with Gasteiger partial charge in [0.1, 0.15) is 6.10 Å². The van der Waals surface area contributed by atoms with E-state index in [1.807, 2.05) is 5.06 Å². The summed E-state index contributed by atoms with van der Waals surface area (Å²) in [7, 11) is 1.64. The van der Waals surface area contributed by atoms with Crippen LogP contribution in [0, 0.1) is 0 Å². The van der Waals surface area contributed by atoms with E-state index in [2.05, 4.69) is 0 Å². The van der Waals surface area contributed by atoms with Gasteiger partial charge in [0.05, 0.1) is 7.11 Å². The molecule has 62 valence electrons. The van der Waals surface area contributed by atoms with E-state index in [0.29, 0.717) is 6.10 Å². The highest BCUT2D eigenvalue weighted by Crippen LogP contribution is 2.40. The van der Waals surface area contributed by atoms with Gasteiger partial charge in [-0.05, 0) is 6.42 Å². The van der Waals surface area contributed by atoms with Crippen LogP contribution in [0.1, 0.15) is 6.42 Å². The minimum Gasteiger partial charge on any atom is -0.351 e. The largest absolute Gasteiger partial charge is 0.351 e. The fourth-order valence-corrected chi connectivity index (χ4v) is 1.57. The Morgan fingerprint density at radius 1 is 1.55 bits per heavy atom. The van der Waals surface area contributed by atoms with Crippen LogP contribution in [-0.4, -0.2) is 42.5 Å². The van der Waals surface area contributed by atoms with Gasteiger partial charge in [0, 0.05) is 6.54 Å². The van der Waals surface area contributed by atoms with Crippen molar-refractivity contribution < 1.29 is 14.4 Å². The van der Waals surface area contributed by atoms with E-state index in [1.165, 1.54) is 0 Å². The molecule has 11 heavy (non-hydrogen) atoms. The van der Waals surface area contributed by atoms with Gasteiger partial charge in [-0.15, -0.1) is 10.1 Å². The molecule has 3 unspecified atom stereocenters. The summed E-state index contributed by atoms with van der Waals surface area (Å²) in [6.07, 6.45) is 1.56. The average molecular weight is 158 g/mol. The summed E-state index contributed by atoms with van der Waals surface area (Å²) in [6.45, 7) is 0.950. The first-order valence-corrected chi connectivity index (χ1v) is 3.81. The quantitative estimate of drug-likeness (QED) is 0.481. The number of rotatable bonds is 1. The third kappa shape index (κ3) is 0.830. The van der Waals surface area contributed by atoms with Crippen molar-refractivity contribution in [1.29, 1.82) is 0 Å². The van der Waals surface area contributed by atoms with Crippen LogP contribution in [0.5, 0.6) is 0 Å². The van der Waals surface area contributed by atoms with Crippen molar-refractivity contribution in [2.45, 2.75) is 25.1 Å². The number of hydrogen-bond acceptors (Lipinski definition) is 5. The first kappa shape index (κ1) is 6.33. The summed E-state index contributed by atoms with van der Waals surface area (Å²) in [6, 6.07) is 0. The molecule has 5 nitrogen and oxygen atoms in total. The Morgan fingerprint density at radius 2 is 2.45 bits per heavy atom. The molecule has 0 radical (unpaired) electrons. The fourth-order valence-electron chi connectivity index (χ4n) is 1.57. The first-order chi connectivity index (χ1) is 5.40. The summed E-state index contributed by atoms with van der Waals surface area (Å²) in [4.78, 5) is 10.3. The molecule has 0 saturated carbocycles. The van der Waals surface area contributed by atoms with Crippen LogP contribution >= 0.6 is 0 Å². The molecule has 3 rings (SSSR count). The van der Waals surface area contributed by atoms with E-state index < -0.39 is 0 Å². The summed E-state index contributed by atoms with van der Waals surface area (Å²) >= 11 is 0. The predicted molar refractivity (Wildman–Crippen MR) is 33.7 cm³/mol. The van der Waals surface area contributed by atoms with Crippen LogP contribution in [-0.2, 0) is 14.4 Å². The molecule has 0 aromatic carbocycles. The number of nitrogens with zero attached hydrogens (tertiary/aromatic N) is 2. The Morgan fingerprint density at radius 3 is 3.27 bits per heavy atom. The van der Waals surface area contributed by atoms with Gasteiger partial charge in [0.25, 0.3) is 0 Å². The SMILES string of the molecule is CON1C2O[C@@H]2CCN2OC21. The highest BCUT2D eigenvalue weighted by atomic mass is 16.9. The third-order valence-corrected chi connectivity index (χ3v) is 2.30. The minimum absolute atomic E-state index is 0.0116. The van der Waals surface area contributed by atoms with Gasteiger partial charge in [-0.25, -0.2) is 0 Å². The van der Waals surface area contributed by atoms with Gasteiger partial charge < -0.3 is 4.74 Å². The van der Waals surface area contributed by atoms with Crippen LogP contribution in [0.3, 0.4) is 0 Å². The van der Waals surface area contributed by atoms with Gasteiger partial charge >= 0.3 is 0 Å². The number of fused-ring (bicyclic) bond motifs is 2. The normalized spacial score (nSPS) is 54.3. The Balaban J connectivity index is 1.78. The number of epoxide rings is 1. The maximum atomic E-state index is 5.35. The fraction of sp³-hybridized carbons (Fsp3) is 1.00. The number of hydroxylamine groups is 4. The van der Waals surface area contributed by atoms with Crippen LogP contribution in [0.4, 0.5) is 0 Å². The Bertz CT molecular complexity index is 171. The molecule has 0 spiro atoms. The van der Waals surface area contributed by atoms with Gasteiger partial charge in [-0.1, -0.05) is 0 Å². The molecular weight excluding hydrogens is 148 g/mol. The van der Waals surface area contributed by atoms with Crippen molar-refractivity contribution in [2.24, 2.45) is 0 Å². The zero-order valence-electron chi connectivity index (χ0n) is 6.27. The van der Waals surface area contributed by atoms with E-state index in [4.69, 9.17) is 14.4 Å². The van der Waals surface area contributed by atoms with E-state index in [0.717, 1.165) is 13.0 Å². The van der Waals surface area contributed by atoms with Crippen molar-refractivity contribution in [3.63, 3.8) is 0 Å². The zero-order valence-corrected chi connectivity index (χ0v) is 6.27. The molecule has 3 aliphatic rings. The topological polar surface area (TPSA) is 40.5 Å². The van der Waals surface area contributed by atoms with Crippen LogP contribution in [0.25, 0.3) is 0 Å². The van der Waals surface area contributed by atoms with Gasteiger partial charge in [-0.2, -0.15) is 0 Å². The van der Waals surface area contributed by atoms with E-state index in [1.54, 1.807) is 12.2 Å². The van der Waals surface area contributed by atoms with E-state index in [9.17, 15) is 0 Å². The minimum atomic E-state index is 0.0116. The maximum absolute atomic E-state index is 5.35. The van der Waals surface area contributed by atoms with Gasteiger partial charge in [0.15, 0.2) is 6.23 Å². The van der Waals surface area contributed by atoms with Crippen molar-refractivity contribution in [3.8, 4) is 0 Å². The molecule has 3 heterocycles. The van der Waals surface area contributed by atoms with Crippen molar-refractivity contribution in [2.75, 3.05) is 13.7 Å². The van der Waals surface area contributed by atoms with Crippen LogP contribution in [0.15, 0.2) is 0 Å². The molecule has 0 amide bonds. The van der Waals surface area contributed by atoms with Gasteiger partial charge in [0.2, 0.25) is 6.35 Å². The Kier molecular flexibility index (Phi) is 1.11. The lowest BCUT2D eigenvalue weighted by atomic mass is 10.3. The van der Waals surface area contributed by atoms with E-state index in [-0.39, 0.29) is 12.6 Å². The molecule has 0 aromatic heterocycles. The lowest BCUT2D eigenvalue weighted by molar-refractivity contribution is -0.187. The maximum Gasteiger partial charge on any atom is 0.234 e.